The van der Waals surface area contributed by atoms with Gasteiger partial charge in [0.25, 0.3) is 0 Å². The second-order valence-electron chi connectivity index (χ2n) is 7.35. The Labute approximate surface area is 152 Å². The first-order valence-electron chi connectivity index (χ1n) is 9.41. The highest BCUT2D eigenvalue weighted by Crippen LogP contribution is 2.18. The van der Waals surface area contributed by atoms with Gasteiger partial charge in [0.15, 0.2) is 0 Å². The molecular weight excluding hydrogens is 314 g/mol. The number of aliphatic hydroxyl groups is 1. The van der Waals surface area contributed by atoms with Crippen LogP contribution in [0.25, 0.3) is 0 Å². The zero-order valence-corrected chi connectivity index (χ0v) is 15.9. The van der Waals surface area contributed by atoms with E-state index in [2.05, 4.69) is 46.3 Å². The average molecular weight is 348 g/mol. The van der Waals surface area contributed by atoms with Gasteiger partial charge in [0.1, 0.15) is 0 Å². The highest BCUT2D eigenvalue weighted by atomic mass is 16.3. The van der Waals surface area contributed by atoms with E-state index in [0.29, 0.717) is 12.8 Å². The van der Waals surface area contributed by atoms with E-state index < -0.39 is 0 Å². The predicted molar refractivity (Wildman–Crippen MR) is 103 cm³/mol. The largest absolute Gasteiger partial charge is 0.396 e. The summed E-state index contributed by atoms with van der Waals surface area (Å²) in [5.41, 5.74) is 2.29. The SMILES string of the molecule is CCC(C)(CCO)NC(=O)CCN1CCN(c2cccc(C)c2)CC1. The molecule has 1 aliphatic rings. The van der Waals surface area contributed by atoms with Crippen molar-refractivity contribution >= 4 is 11.6 Å². The van der Waals surface area contributed by atoms with E-state index in [0.717, 1.165) is 39.1 Å². The van der Waals surface area contributed by atoms with Crippen LogP contribution in [0.5, 0.6) is 0 Å². The van der Waals surface area contributed by atoms with Crippen LogP contribution in [0, 0.1) is 6.92 Å². The molecule has 1 fully saturated rings. The lowest BCUT2D eigenvalue weighted by Crippen LogP contribution is -2.49. The first-order valence-corrected chi connectivity index (χ1v) is 9.41. The van der Waals surface area contributed by atoms with E-state index in [4.69, 9.17) is 5.11 Å². The summed E-state index contributed by atoms with van der Waals surface area (Å²) in [7, 11) is 0. The Morgan fingerprint density at radius 1 is 1.28 bits per heavy atom. The summed E-state index contributed by atoms with van der Waals surface area (Å²) in [5, 5.41) is 12.2. The van der Waals surface area contributed by atoms with Gasteiger partial charge in [-0.25, -0.2) is 0 Å². The number of benzene rings is 1. The van der Waals surface area contributed by atoms with Crippen LogP contribution >= 0.6 is 0 Å². The van der Waals surface area contributed by atoms with Crippen LogP contribution in [-0.2, 0) is 4.79 Å². The number of rotatable bonds is 8. The molecule has 1 aromatic rings. The number of anilines is 1. The number of hydrogen-bond acceptors (Lipinski definition) is 4. The molecule has 1 atom stereocenters. The molecule has 1 heterocycles. The summed E-state index contributed by atoms with van der Waals surface area (Å²) in [6.07, 6.45) is 1.95. The second-order valence-corrected chi connectivity index (χ2v) is 7.35. The predicted octanol–water partition coefficient (Wildman–Crippen LogP) is 2.17. The van der Waals surface area contributed by atoms with E-state index in [-0.39, 0.29) is 18.1 Å². The third-order valence-corrected chi connectivity index (χ3v) is 5.28. The van der Waals surface area contributed by atoms with Crippen molar-refractivity contribution in [1.82, 2.24) is 10.2 Å². The molecular formula is C20H33N3O2. The third-order valence-electron chi connectivity index (χ3n) is 5.28. The monoisotopic (exact) mass is 347 g/mol. The number of aryl methyl sites for hydroxylation is 1. The Morgan fingerprint density at radius 3 is 2.60 bits per heavy atom. The van der Waals surface area contributed by atoms with Crippen LogP contribution < -0.4 is 10.2 Å². The number of nitrogens with one attached hydrogen (secondary N) is 1. The Balaban J connectivity index is 1.74. The second kappa shape index (κ2) is 9.20. The molecule has 25 heavy (non-hydrogen) atoms. The first-order chi connectivity index (χ1) is 12.0. The molecule has 0 aromatic heterocycles. The van der Waals surface area contributed by atoms with E-state index in [1.165, 1.54) is 11.3 Å². The van der Waals surface area contributed by atoms with E-state index in [1.54, 1.807) is 0 Å². The molecule has 0 radical (unpaired) electrons. The number of nitrogens with zero attached hydrogens (tertiary/aromatic N) is 2. The lowest BCUT2D eigenvalue weighted by atomic mass is 9.94. The number of amides is 1. The van der Waals surface area contributed by atoms with Crippen molar-refractivity contribution in [3.8, 4) is 0 Å². The van der Waals surface area contributed by atoms with Gasteiger partial charge in [-0.15, -0.1) is 0 Å². The Bertz CT molecular complexity index is 556. The van der Waals surface area contributed by atoms with Crippen molar-refractivity contribution in [2.75, 3.05) is 44.2 Å². The Hall–Kier alpha value is -1.59. The lowest BCUT2D eigenvalue weighted by Gasteiger charge is -2.36. The quantitative estimate of drug-likeness (QED) is 0.757. The summed E-state index contributed by atoms with van der Waals surface area (Å²) in [6, 6.07) is 8.64. The molecule has 1 unspecified atom stereocenters. The van der Waals surface area contributed by atoms with Crippen LogP contribution in [0.15, 0.2) is 24.3 Å². The Kier molecular flexibility index (Phi) is 7.26. The molecule has 0 spiro atoms. The number of hydrogen-bond donors (Lipinski definition) is 2. The number of carbonyl (C=O) groups excluding carboxylic acids is 1. The average Bonchev–Trinajstić information content (AvgIpc) is 2.60. The first kappa shape index (κ1) is 19.7. The summed E-state index contributed by atoms with van der Waals surface area (Å²) in [4.78, 5) is 17.0. The van der Waals surface area contributed by atoms with Gasteiger partial charge in [-0.05, 0) is 44.4 Å². The highest BCUT2D eigenvalue weighted by Gasteiger charge is 2.24. The topological polar surface area (TPSA) is 55.8 Å². The molecule has 0 bridgehead atoms. The van der Waals surface area contributed by atoms with Gasteiger partial charge in [0, 0.05) is 57.0 Å². The van der Waals surface area contributed by atoms with E-state index >= 15 is 0 Å². The number of piperazine rings is 1. The summed E-state index contributed by atoms with van der Waals surface area (Å²) >= 11 is 0. The van der Waals surface area contributed by atoms with Crippen molar-refractivity contribution < 1.29 is 9.90 Å². The van der Waals surface area contributed by atoms with Crippen LogP contribution in [0.2, 0.25) is 0 Å². The maximum Gasteiger partial charge on any atom is 0.221 e. The van der Waals surface area contributed by atoms with E-state index in [1.807, 2.05) is 13.8 Å². The van der Waals surface area contributed by atoms with Crippen molar-refractivity contribution in [3.05, 3.63) is 29.8 Å². The summed E-state index contributed by atoms with van der Waals surface area (Å²) in [5.74, 6) is 0.0823. The van der Waals surface area contributed by atoms with Gasteiger partial charge < -0.3 is 15.3 Å². The van der Waals surface area contributed by atoms with Crippen molar-refractivity contribution in [2.45, 2.75) is 45.6 Å². The minimum Gasteiger partial charge on any atom is -0.396 e. The zero-order valence-electron chi connectivity index (χ0n) is 15.9. The molecule has 2 rings (SSSR count). The fourth-order valence-electron chi connectivity index (χ4n) is 3.29. The molecule has 1 amide bonds. The molecule has 1 aliphatic heterocycles. The van der Waals surface area contributed by atoms with Gasteiger partial charge in [-0.3, -0.25) is 9.69 Å². The summed E-state index contributed by atoms with van der Waals surface area (Å²) in [6.45, 7) is 11.1. The fourth-order valence-corrected chi connectivity index (χ4v) is 3.29. The number of aliphatic hydroxyl groups excluding tert-OH is 1. The smallest absolute Gasteiger partial charge is 0.221 e. The zero-order chi connectivity index (χ0) is 18.3. The normalized spacial score (nSPS) is 18.0. The molecule has 2 N–H and O–H groups in total. The maximum atomic E-state index is 12.2. The summed E-state index contributed by atoms with van der Waals surface area (Å²) < 4.78 is 0. The number of carbonyl (C=O) groups is 1. The van der Waals surface area contributed by atoms with Crippen molar-refractivity contribution in [3.63, 3.8) is 0 Å². The van der Waals surface area contributed by atoms with Gasteiger partial charge in [-0.1, -0.05) is 19.1 Å². The Morgan fingerprint density at radius 2 is 2.00 bits per heavy atom. The highest BCUT2D eigenvalue weighted by molar-refractivity contribution is 5.76. The van der Waals surface area contributed by atoms with Crippen LogP contribution in [0.4, 0.5) is 5.69 Å². The fraction of sp³-hybridized carbons (Fsp3) is 0.650. The van der Waals surface area contributed by atoms with Gasteiger partial charge in [0.2, 0.25) is 5.91 Å². The lowest BCUT2D eigenvalue weighted by molar-refractivity contribution is -0.123. The van der Waals surface area contributed by atoms with Gasteiger partial charge >= 0.3 is 0 Å². The third kappa shape index (κ3) is 6.01. The molecule has 5 heteroatoms. The van der Waals surface area contributed by atoms with Crippen LogP contribution in [0.1, 0.15) is 38.7 Å². The standard InChI is InChI=1S/C20H33N3O2/c1-4-20(3,9-15-24)21-19(25)8-10-22-11-13-23(14-12-22)18-7-5-6-17(2)16-18/h5-7,16,24H,4,8-15H2,1-3H3,(H,21,25). The molecule has 1 aromatic carbocycles. The van der Waals surface area contributed by atoms with E-state index in [9.17, 15) is 4.79 Å². The molecule has 140 valence electrons. The van der Waals surface area contributed by atoms with Crippen molar-refractivity contribution in [1.29, 1.82) is 0 Å². The van der Waals surface area contributed by atoms with Crippen LogP contribution in [-0.4, -0.2) is 60.8 Å². The maximum absolute atomic E-state index is 12.2. The van der Waals surface area contributed by atoms with Crippen molar-refractivity contribution in [2.24, 2.45) is 0 Å². The van der Waals surface area contributed by atoms with Gasteiger partial charge in [0.05, 0.1) is 0 Å². The molecule has 1 saturated heterocycles. The minimum absolute atomic E-state index is 0.0823. The molecule has 0 aliphatic carbocycles. The minimum atomic E-state index is -0.296. The molecule has 0 saturated carbocycles. The van der Waals surface area contributed by atoms with Gasteiger partial charge in [-0.2, -0.15) is 0 Å². The molecule has 5 nitrogen and oxygen atoms in total. The van der Waals surface area contributed by atoms with Crippen LogP contribution in [0.3, 0.4) is 0 Å².